The van der Waals surface area contributed by atoms with Crippen molar-refractivity contribution in [3.05, 3.63) is 11.5 Å². The Balaban J connectivity index is 0.00000289. The van der Waals surface area contributed by atoms with Gasteiger partial charge in [0.1, 0.15) is 10.6 Å². The Morgan fingerprint density at radius 2 is 2.00 bits per heavy atom. The third-order valence-electron chi connectivity index (χ3n) is 2.06. The first kappa shape index (κ1) is 17.2. The number of halogens is 3. The van der Waals surface area contributed by atoms with E-state index in [1.54, 1.807) is 4.72 Å². The van der Waals surface area contributed by atoms with E-state index in [9.17, 15) is 17.2 Å². The van der Waals surface area contributed by atoms with Gasteiger partial charge in [-0.05, 0) is 13.8 Å². The van der Waals surface area contributed by atoms with Crippen molar-refractivity contribution in [2.75, 3.05) is 13.1 Å². The Morgan fingerprint density at radius 1 is 1.44 bits per heavy atom. The number of nitrogens with one attached hydrogen (secondary N) is 1. The molecular formula is C8H14ClF2N3O3S. The first-order chi connectivity index (χ1) is 7.69. The van der Waals surface area contributed by atoms with Crippen molar-refractivity contribution in [2.24, 2.45) is 5.73 Å². The molecule has 0 radical (unpaired) electrons. The van der Waals surface area contributed by atoms with E-state index in [2.05, 4.69) is 9.68 Å². The summed E-state index contributed by atoms with van der Waals surface area (Å²) < 4.78 is 55.5. The van der Waals surface area contributed by atoms with Crippen molar-refractivity contribution in [1.29, 1.82) is 0 Å². The highest BCUT2D eigenvalue weighted by molar-refractivity contribution is 7.89. The van der Waals surface area contributed by atoms with Gasteiger partial charge in [0, 0.05) is 0 Å². The average Bonchev–Trinajstić information content (AvgIpc) is 2.57. The van der Waals surface area contributed by atoms with Gasteiger partial charge in [-0.15, -0.1) is 12.4 Å². The minimum Gasteiger partial charge on any atom is -0.360 e. The van der Waals surface area contributed by atoms with E-state index in [-0.39, 0.29) is 28.8 Å². The molecule has 0 atom stereocenters. The van der Waals surface area contributed by atoms with Gasteiger partial charge in [-0.1, -0.05) is 5.16 Å². The average molecular weight is 306 g/mol. The van der Waals surface area contributed by atoms with Crippen molar-refractivity contribution in [1.82, 2.24) is 9.88 Å². The normalized spacial score (nSPS) is 12.3. The van der Waals surface area contributed by atoms with Crippen LogP contribution in [0, 0.1) is 13.8 Å². The van der Waals surface area contributed by atoms with Gasteiger partial charge in [0.15, 0.2) is 5.76 Å². The third-order valence-corrected chi connectivity index (χ3v) is 3.70. The Labute approximate surface area is 109 Å². The first-order valence-corrected chi connectivity index (χ1v) is 6.18. The van der Waals surface area contributed by atoms with Gasteiger partial charge in [0.25, 0.3) is 5.92 Å². The molecule has 18 heavy (non-hydrogen) atoms. The second kappa shape index (κ2) is 5.91. The number of nitrogens with two attached hydrogens (primary N) is 1. The number of rotatable bonds is 5. The van der Waals surface area contributed by atoms with E-state index in [0.717, 1.165) is 0 Å². The Bertz CT molecular complexity index is 484. The predicted octanol–water partition coefficient (Wildman–Crippen LogP) is 0.586. The van der Waals surface area contributed by atoms with Crippen LogP contribution in [0.15, 0.2) is 9.42 Å². The lowest BCUT2D eigenvalue weighted by atomic mass is 10.3. The largest absolute Gasteiger partial charge is 0.360 e. The van der Waals surface area contributed by atoms with Crippen LogP contribution in [0.25, 0.3) is 0 Å². The highest BCUT2D eigenvalue weighted by Gasteiger charge is 2.31. The van der Waals surface area contributed by atoms with Crippen molar-refractivity contribution in [2.45, 2.75) is 24.7 Å². The molecule has 10 heteroatoms. The molecule has 3 N–H and O–H groups in total. The molecule has 1 aromatic heterocycles. The molecule has 1 aromatic rings. The third kappa shape index (κ3) is 3.87. The van der Waals surface area contributed by atoms with Crippen LogP contribution in [0.1, 0.15) is 11.5 Å². The monoisotopic (exact) mass is 305 g/mol. The van der Waals surface area contributed by atoms with Gasteiger partial charge >= 0.3 is 0 Å². The van der Waals surface area contributed by atoms with Crippen molar-refractivity contribution < 1.29 is 21.7 Å². The smallest absolute Gasteiger partial charge is 0.273 e. The van der Waals surface area contributed by atoms with Gasteiger partial charge in [-0.3, -0.25) is 0 Å². The Hall–Kier alpha value is -0.770. The van der Waals surface area contributed by atoms with Crippen LogP contribution >= 0.6 is 12.4 Å². The highest BCUT2D eigenvalue weighted by Crippen LogP contribution is 2.19. The van der Waals surface area contributed by atoms with Crippen molar-refractivity contribution in [3.8, 4) is 0 Å². The second-order valence-electron chi connectivity index (χ2n) is 3.54. The Morgan fingerprint density at radius 3 is 2.39 bits per heavy atom. The number of nitrogens with zero attached hydrogens (tertiary/aromatic N) is 1. The van der Waals surface area contributed by atoms with Crippen molar-refractivity contribution in [3.63, 3.8) is 0 Å². The number of aryl methyl sites for hydroxylation is 2. The van der Waals surface area contributed by atoms with E-state index >= 15 is 0 Å². The molecule has 0 aliphatic heterocycles. The summed E-state index contributed by atoms with van der Waals surface area (Å²) in [5, 5.41) is 3.44. The standard InChI is InChI=1S/C8H13F2N3O3S.ClH/c1-5-7(6(2)16-13-5)17(14,15)12-4-8(9,10)3-11;/h12H,3-4,11H2,1-2H3;1H. The summed E-state index contributed by atoms with van der Waals surface area (Å²) in [7, 11) is -4.06. The van der Waals surface area contributed by atoms with E-state index in [4.69, 9.17) is 5.73 Å². The SMILES string of the molecule is Cc1noc(C)c1S(=O)(=O)NCC(F)(F)CN.Cl. The fourth-order valence-electron chi connectivity index (χ4n) is 1.20. The summed E-state index contributed by atoms with van der Waals surface area (Å²) in [5.74, 6) is -3.24. The molecule has 0 spiro atoms. The van der Waals surface area contributed by atoms with Crippen LogP contribution < -0.4 is 10.5 Å². The molecule has 0 amide bonds. The molecule has 106 valence electrons. The molecule has 0 bridgehead atoms. The molecule has 1 heterocycles. The van der Waals surface area contributed by atoms with Crippen LogP contribution in [-0.4, -0.2) is 32.6 Å². The lowest BCUT2D eigenvalue weighted by Gasteiger charge is -2.14. The van der Waals surface area contributed by atoms with E-state index in [1.807, 2.05) is 0 Å². The van der Waals surface area contributed by atoms with Gasteiger partial charge in [-0.2, -0.15) is 0 Å². The number of hydrogen-bond donors (Lipinski definition) is 2. The maximum atomic E-state index is 12.8. The van der Waals surface area contributed by atoms with Crippen LogP contribution in [0.4, 0.5) is 8.78 Å². The maximum Gasteiger partial charge on any atom is 0.273 e. The number of alkyl halides is 2. The van der Waals surface area contributed by atoms with Gasteiger partial charge in [-0.25, -0.2) is 21.9 Å². The molecule has 0 aliphatic rings. The number of aromatic nitrogens is 1. The van der Waals surface area contributed by atoms with Gasteiger partial charge in [0.05, 0.1) is 13.1 Å². The molecule has 0 saturated carbocycles. The summed E-state index contributed by atoms with van der Waals surface area (Å²) in [6, 6.07) is 0. The lowest BCUT2D eigenvalue weighted by molar-refractivity contribution is 0.0170. The first-order valence-electron chi connectivity index (χ1n) is 4.70. The fraction of sp³-hybridized carbons (Fsp3) is 0.625. The minimum absolute atomic E-state index is 0. The van der Waals surface area contributed by atoms with Crippen LogP contribution in [-0.2, 0) is 10.0 Å². The molecule has 1 rings (SSSR count). The molecule has 0 unspecified atom stereocenters. The number of hydrogen-bond acceptors (Lipinski definition) is 5. The zero-order valence-corrected chi connectivity index (χ0v) is 11.4. The fourth-order valence-corrected chi connectivity index (χ4v) is 2.59. The summed E-state index contributed by atoms with van der Waals surface area (Å²) in [4.78, 5) is -0.217. The van der Waals surface area contributed by atoms with Crippen molar-refractivity contribution >= 4 is 22.4 Å². The van der Waals surface area contributed by atoms with Crippen LogP contribution in [0.3, 0.4) is 0 Å². The second-order valence-corrected chi connectivity index (χ2v) is 5.24. The van der Waals surface area contributed by atoms with E-state index in [1.165, 1.54) is 13.8 Å². The molecule has 0 aromatic carbocycles. The topological polar surface area (TPSA) is 98.2 Å². The molecular weight excluding hydrogens is 292 g/mol. The predicted molar refractivity (Wildman–Crippen MR) is 62.4 cm³/mol. The van der Waals surface area contributed by atoms with E-state index < -0.39 is 29.0 Å². The van der Waals surface area contributed by atoms with Crippen LogP contribution in [0.5, 0.6) is 0 Å². The summed E-state index contributed by atoms with van der Waals surface area (Å²) >= 11 is 0. The molecule has 6 nitrogen and oxygen atoms in total. The Kier molecular flexibility index (Phi) is 5.66. The maximum absolute atomic E-state index is 12.8. The number of sulfonamides is 1. The van der Waals surface area contributed by atoms with Gasteiger partial charge in [0.2, 0.25) is 10.0 Å². The highest BCUT2D eigenvalue weighted by atomic mass is 35.5. The molecule has 0 fully saturated rings. The summed E-state index contributed by atoms with van der Waals surface area (Å²) in [6.07, 6.45) is 0. The van der Waals surface area contributed by atoms with Gasteiger partial charge < -0.3 is 10.3 Å². The van der Waals surface area contributed by atoms with E-state index in [0.29, 0.717) is 0 Å². The summed E-state index contributed by atoms with van der Waals surface area (Å²) in [6.45, 7) is 0.800. The minimum atomic E-state index is -4.06. The lowest BCUT2D eigenvalue weighted by Crippen LogP contribution is -2.41. The summed E-state index contributed by atoms with van der Waals surface area (Å²) in [5.41, 5.74) is 4.92. The molecule has 0 aliphatic carbocycles. The quantitative estimate of drug-likeness (QED) is 0.829. The molecule has 0 saturated heterocycles. The van der Waals surface area contributed by atoms with Crippen LogP contribution in [0.2, 0.25) is 0 Å². The zero-order chi connectivity index (χ0) is 13.3. The zero-order valence-electron chi connectivity index (χ0n) is 9.74.